The van der Waals surface area contributed by atoms with Crippen LogP contribution in [0.1, 0.15) is 74.4 Å². The Labute approximate surface area is 343 Å². The summed E-state index contributed by atoms with van der Waals surface area (Å²) >= 11 is 0. The number of carbonyl (C=O) groups is 2. The Morgan fingerprint density at radius 1 is 0.603 bits per heavy atom. The highest BCUT2D eigenvalue weighted by atomic mass is 16.7. The van der Waals surface area contributed by atoms with Crippen LogP contribution in [0.3, 0.4) is 0 Å². The standard InChI is InChI=1S/C39H69N5O14/c1-38(2)55-28-30(57-38)9-10-32(45)33-35(40-11-7-13-49-19-21-53-25-23-51-17-15-47-5)44-34(37(46)42-27-31-29-56-39(3,4)58-31)36(43-33)41-12-8-14-50-20-22-54-26-24-52-18-16-48-6/h30-31H,7-29H2,1-6H3,(H,40,44)(H,41,43)(H,42,46). The number of anilines is 2. The van der Waals surface area contributed by atoms with Crippen molar-refractivity contribution in [1.29, 1.82) is 0 Å². The summed E-state index contributed by atoms with van der Waals surface area (Å²) in [6.07, 6.45) is 1.20. The van der Waals surface area contributed by atoms with Gasteiger partial charge in [-0.25, -0.2) is 9.97 Å². The molecule has 58 heavy (non-hydrogen) atoms. The number of rotatable bonds is 35. The third kappa shape index (κ3) is 21.0. The van der Waals surface area contributed by atoms with Crippen LogP contribution in [0, 0.1) is 0 Å². The zero-order chi connectivity index (χ0) is 41.9. The van der Waals surface area contributed by atoms with Gasteiger partial charge in [0, 0.05) is 53.5 Å². The Bertz CT molecular complexity index is 1200. The molecule has 19 heteroatoms. The van der Waals surface area contributed by atoms with Gasteiger partial charge >= 0.3 is 0 Å². The summed E-state index contributed by atoms with van der Waals surface area (Å²) in [7, 11) is 3.26. The number of aromatic nitrogens is 2. The fraction of sp³-hybridized carbons (Fsp3) is 0.846. The predicted molar refractivity (Wildman–Crippen MR) is 213 cm³/mol. The quantitative estimate of drug-likeness (QED) is 0.0664. The van der Waals surface area contributed by atoms with Crippen molar-refractivity contribution < 1.29 is 66.4 Å². The van der Waals surface area contributed by atoms with Crippen molar-refractivity contribution in [2.45, 2.75) is 77.2 Å². The molecule has 3 rings (SSSR count). The van der Waals surface area contributed by atoms with Crippen LogP contribution in [0.2, 0.25) is 0 Å². The Hall–Kier alpha value is -2.66. The molecule has 0 spiro atoms. The highest BCUT2D eigenvalue weighted by Gasteiger charge is 2.34. The molecule has 1 amide bonds. The van der Waals surface area contributed by atoms with Gasteiger partial charge in [0.1, 0.15) is 6.10 Å². The van der Waals surface area contributed by atoms with Crippen LogP contribution in [0.5, 0.6) is 0 Å². The van der Waals surface area contributed by atoms with E-state index in [1.54, 1.807) is 14.2 Å². The molecular weight excluding hydrogens is 762 g/mol. The summed E-state index contributed by atoms with van der Waals surface area (Å²) in [5, 5.41) is 9.36. The minimum Gasteiger partial charge on any atom is -0.382 e. The lowest BCUT2D eigenvalue weighted by Gasteiger charge is -2.19. The van der Waals surface area contributed by atoms with Crippen molar-refractivity contribution in [2.75, 3.05) is 150 Å². The van der Waals surface area contributed by atoms with E-state index in [0.29, 0.717) is 138 Å². The topological polar surface area (TPSA) is 207 Å². The van der Waals surface area contributed by atoms with Crippen molar-refractivity contribution in [3.63, 3.8) is 0 Å². The summed E-state index contributed by atoms with van der Waals surface area (Å²) in [6, 6.07) is 0. The number of nitrogens with zero attached hydrogens (tertiary/aromatic N) is 2. The van der Waals surface area contributed by atoms with Crippen molar-refractivity contribution in [1.82, 2.24) is 15.3 Å². The molecule has 3 N–H and O–H groups in total. The van der Waals surface area contributed by atoms with Gasteiger partial charge in [0.25, 0.3) is 5.91 Å². The monoisotopic (exact) mass is 831 g/mol. The summed E-state index contributed by atoms with van der Waals surface area (Å²) in [6.45, 7) is 15.7. The van der Waals surface area contributed by atoms with E-state index < -0.39 is 17.5 Å². The van der Waals surface area contributed by atoms with E-state index in [4.69, 9.17) is 66.8 Å². The van der Waals surface area contributed by atoms with Crippen LogP contribution in [-0.2, 0) is 56.8 Å². The second-order valence-corrected chi connectivity index (χ2v) is 14.4. The number of amides is 1. The maximum atomic E-state index is 13.8. The molecule has 1 aromatic rings. The molecule has 0 saturated carbocycles. The Balaban J connectivity index is 1.61. The first-order valence-corrected chi connectivity index (χ1v) is 20.3. The van der Waals surface area contributed by atoms with Gasteiger partial charge in [-0.3, -0.25) is 9.59 Å². The number of carbonyl (C=O) groups excluding carboxylic acids is 2. The van der Waals surface area contributed by atoms with Gasteiger partial charge in [-0.05, 0) is 47.0 Å². The van der Waals surface area contributed by atoms with Crippen molar-refractivity contribution in [3.8, 4) is 0 Å². The van der Waals surface area contributed by atoms with E-state index in [2.05, 4.69) is 16.0 Å². The minimum absolute atomic E-state index is 0.0353. The fourth-order valence-corrected chi connectivity index (χ4v) is 5.63. The average molecular weight is 832 g/mol. The largest absolute Gasteiger partial charge is 0.382 e. The normalized spacial score (nSPS) is 18.4. The molecule has 2 fully saturated rings. The third-order valence-corrected chi connectivity index (χ3v) is 8.56. The van der Waals surface area contributed by atoms with E-state index in [-0.39, 0.29) is 54.0 Å². The van der Waals surface area contributed by atoms with Gasteiger partial charge in [0.2, 0.25) is 0 Å². The van der Waals surface area contributed by atoms with Crippen LogP contribution in [0.4, 0.5) is 11.6 Å². The Morgan fingerprint density at radius 3 is 1.47 bits per heavy atom. The molecule has 0 aliphatic carbocycles. The van der Waals surface area contributed by atoms with Gasteiger partial charge in [0.05, 0.1) is 98.6 Å². The van der Waals surface area contributed by atoms with Crippen LogP contribution in [-0.4, -0.2) is 185 Å². The minimum atomic E-state index is -0.741. The third-order valence-electron chi connectivity index (χ3n) is 8.56. The van der Waals surface area contributed by atoms with Crippen LogP contribution >= 0.6 is 0 Å². The molecular formula is C39H69N5O14. The lowest BCUT2D eigenvalue weighted by atomic mass is 10.1. The van der Waals surface area contributed by atoms with Gasteiger partial charge in [0.15, 0.2) is 40.4 Å². The molecule has 2 aliphatic heterocycles. The first kappa shape index (κ1) is 49.7. The van der Waals surface area contributed by atoms with Gasteiger partial charge in [-0.1, -0.05) is 0 Å². The molecule has 2 saturated heterocycles. The second-order valence-electron chi connectivity index (χ2n) is 14.4. The smallest absolute Gasteiger partial charge is 0.273 e. The lowest BCUT2D eigenvalue weighted by molar-refractivity contribution is -0.139. The second kappa shape index (κ2) is 28.7. The van der Waals surface area contributed by atoms with Crippen molar-refractivity contribution in [3.05, 3.63) is 11.4 Å². The predicted octanol–water partition coefficient (Wildman–Crippen LogP) is 2.47. The summed E-state index contributed by atoms with van der Waals surface area (Å²) < 4.78 is 66.3. The average Bonchev–Trinajstić information content (AvgIpc) is 3.75. The van der Waals surface area contributed by atoms with E-state index in [9.17, 15) is 9.59 Å². The number of ether oxygens (including phenoxy) is 12. The van der Waals surface area contributed by atoms with Gasteiger partial charge in [-0.2, -0.15) is 0 Å². The first-order chi connectivity index (χ1) is 28.0. The SMILES string of the molecule is COCCOCCOCCOCCCNc1nc(C(=O)NCC2COC(C)(C)O2)c(NCCCOCCOCCOCCOC)nc1C(=O)CCC1COC(C)(C)O1. The number of hydrogen-bond acceptors (Lipinski definition) is 18. The number of methoxy groups -OCH3 is 2. The maximum Gasteiger partial charge on any atom is 0.273 e. The molecule has 2 unspecified atom stereocenters. The molecule has 334 valence electrons. The molecule has 1 aromatic heterocycles. The molecule has 0 bridgehead atoms. The highest BCUT2D eigenvalue weighted by Crippen LogP contribution is 2.27. The summed E-state index contributed by atoms with van der Waals surface area (Å²) in [4.78, 5) is 36.9. The number of ketones is 1. The van der Waals surface area contributed by atoms with Crippen molar-refractivity contribution >= 4 is 23.3 Å². The van der Waals surface area contributed by atoms with Gasteiger partial charge in [-0.15, -0.1) is 0 Å². The zero-order valence-electron chi connectivity index (χ0n) is 35.5. The van der Waals surface area contributed by atoms with Crippen LogP contribution in [0.25, 0.3) is 0 Å². The first-order valence-electron chi connectivity index (χ1n) is 20.3. The number of nitrogens with one attached hydrogen (secondary N) is 3. The molecule has 2 atom stereocenters. The Morgan fingerprint density at radius 2 is 1.02 bits per heavy atom. The van der Waals surface area contributed by atoms with E-state index in [1.807, 2.05) is 27.7 Å². The summed E-state index contributed by atoms with van der Waals surface area (Å²) in [5.74, 6) is -1.79. The van der Waals surface area contributed by atoms with Gasteiger partial charge < -0.3 is 72.8 Å². The van der Waals surface area contributed by atoms with E-state index in [0.717, 1.165) is 0 Å². The van der Waals surface area contributed by atoms with E-state index >= 15 is 0 Å². The van der Waals surface area contributed by atoms with E-state index in [1.165, 1.54) is 0 Å². The molecule has 2 aliphatic rings. The zero-order valence-corrected chi connectivity index (χ0v) is 35.5. The van der Waals surface area contributed by atoms with Crippen LogP contribution in [0.15, 0.2) is 0 Å². The molecule has 3 heterocycles. The number of Topliss-reactive ketones (excluding diaryl/α,β-unsaturated/α-hetero) is 1. The molecule has 0 radical (unpaired) electrons. The molecule has 19 nitrogen and oxygen atoms in total. The fourth-order valence-electron chi connectivity index (χ4n) is 5.63. The maximum absolute atomic E-state index is 13.8. The highest BCUT2D eigenvalue weighted by molar-refractivity contribution is 6.02. The lowest BCUT2D eigenvalue weighted by Crippen LogP contribution is -2.35. The summed E-state index contributed by atoms with van der Waals surface area (Å²) in [5.41, 5.74) is 0.154. The molecule has 0 aromatic carbocycles. The Kier molecular flexibility index (Phi) is 24.6. The number of hydrogen-bond donors (Lipinski definition) is 3. The van der Waals surface area contributed by atoms with Crippen molar-refractivity contribution in [2.24, 2.45) is 0 Å². The van der Waals surface area contributed by atoms with Crippen LogP contribution < -0.4 is 16.0 Å².